The Bertz CT molecular complexity index is 469. The third-order valence-corrected chi connectivity index (χ3v) is 4.60. The molecule has 2 heterocycles. The summed E-state index contributed by atoms with van der Waals surface area (Å²) in [7, 11) is 2.04. The molecule has 1 saturated heterocycles. The molecule has 20 heavy (non-hydrogen) atoms. The van der Waals surface area contributed by atoms with Crippen LogP contribution in [-0.4, -0.2) is 37.7 Å². The first kappa shape index (κ1) is 16.1. The minimum atomic E-state index is 0. The van der Waals surface area contributed by atoms with Crippen molar-refractivity contribution in [2.75, 3.05) is 26.7 Å². The Morgan fingerprint density at radius 2 is 2.30 bits per heavy atom. The van der Waals surface area contributed by atoms with Gasteiger partial charge in [0.1, 0.15) is 5.75 Å². The zero-order valence-corrected chi connectivity index (χ0v) is 14.2. The van der Waals surface area contributed by atoms with Gasteiger partial charge in [0.05, 0.1) is 6.61 Å². The molecule has 3 nitrogen and oxygen atoms in total. The molecule has 1 N–H and O–H groups in total. The van der Waals surface area contributed by atoms with Crippen molar-refractivity contribution in [3.8, 4) is 5.75 Å². The van der Waals surface area contributed by atoms with E-state index in [0.717, 1.165) is 31.9 Å². The SMILES string of the molecule is CNCC1CCCN1Cc1cc(Br)cc2c1OCC2.Cl. The Balaban J connectivity index is 0.00000147. The highest BCUT2D eigenvalue weighted by atomic mass is 79.9. The van der Waals surface area contributed by atoms with Crippen molar-refractivity contribution >= 4 is 28.3 Å². The molecule has 112 valence electrons. The van der Waals surface area contributed by atoms with E-state index in [9.17, 15) is 0 Å². The highest BCUT2D eigenvalue weighted by Crippen LogP contribution is 2.34. The van der Waals surface area contributed by atoms with E-state index in [4.69, 9.17) is 4.74 Å². The van der Waals surface area contributed by atoms with Crippen molar-refractivity contribution in [2.45, 2.75) is 31.8 Å². The Kier molecular flexibility index (Phi) is 5.73. The van der Waals surface area contributed by atoms with E-state index >= 15 is 0 Å². The van der Waals surface area contributed by atoms with E-state index in [2.05, 4.69) is 38.3 Å². The number of ether oxygens (including phenoxy) is 1. The van der Waals surface area contributed by atoms with Gasteiger partial charge in [-0.3, -0.25) is 4.90 Å². The average molecular weight is 362 g/mol. The van der Waals surface area contributed by atoms with Crippen LogP contribution in [0.5, 0.6) is 5.75 Å². The predicted molar refractivity (Wildman–Crippen MR) is 87.9 cm³/mol. The van der Waals surface area contributed by atoms with Crippen LogP contribution >= 0.6 is 28.3 Å². The van der Waals surface area contributed by atoms with Crippen LogP contribution in [0.1, 0.15) is 24.0 Å². The summed E-state index contributed by atoms with van der Waals surface area (Å²) in [6.45, 7) is 4.12. The summed E-state index contributed by atoms with van der Waals surface area (Å²) < 4.78 is 7.00. The van der Waals surface area contributed by atoms with Crippen LogP contribution in [0.3, 0.4) is 0 Å². The van der Waals surface area contributed by atoms with Gasteiger partial charge >= 0.3 is 0 Å². The predicted octanol–water partition coefficient (Wildman–Crippen LogP) is 2.99. The molecular weight excluding hydrogens is 340 g/mol. The molecule has 2 aliphatic rings. The zero-order valence-electron chi connectivity index (χ0n) is 11.8. The van der Waals surface area contributed by atoms with Crippen LogP contribution in [0.4, 0.5) is 0 Å². The minimum Gasteiger partial charge on any atom is -0.493 e. The minimum absolute atomic E-state index is 0. The lowest BCUT2D eigenvalue weighted by atomic mass is 10.1. The lowest BCUT2D eigenvalue weighted by Crippen LogP contribution is -2.36. The molecule has 0 saturated carbocycles. The van der Waals surface area contributed by atoms with Crippen molar-refractivity contribution in [1.82, 2.24) is 10.2 Å². The van der Waals surface area contributed by atoms with Crippen molar-refractivity contribution in [2.24, 2.45) is 0 Å². The molecule has 3 rings (SSSR count). The molecule has 2 aliphatic heterocycles. The second kappa shape index (κ2) is 7.12. The number of fused-ring (bicyclic) bond motifs is 1. The molecule has 0 bridgehead atoms. The van der Waals surface area contributed by atoms with Crippen molar-refractivity contribution in [3.63, 3.8) is 0 Å². The highest BCUT2D eigenvalue weighted by Gasteiger charge is 2.26. The second-order valence-corrected chi connectivity index (χ2v) is 6.39. The van der Waals surface area contributed by atoms with E-state index in [0.29, 0.717) is 6.04 Å². The first-order valence-corrected chi connectivity index (χ1v) is 7.90. The maximum Gasteiger partial charge on any atom is 0.127 e. The molecule has 1 unspecified atom stereocenters. The number of benzene rings is 1. The molecule has 1 fully saturated rings. The summed E-state index contributed by atoms with van der Waals surface area (Å²) in [6, 6.07) is 5.08. The molecule has 5 heteroatoms. The number of nitrogens with one attached hydrogen (secondary N) is 1. The fourth-order valence-electron chi connectivity index (χ4n) is 3.25. The van der Waals surface area contributed by atoms with E-state index in [1.165, 1.54) is 35.0 Å². The molecule has 0 radical (unpaired) electrons. The zero-order chi connectivity index (χ0) is 13.2. The summed E-state index contributed by atoms with van der Waals surface area (Å²) in [5.41, 5.74) is 2.69. The maximum atomic E-state index is 5.83. The van der Waals surface area contributed by atoms with E-state index in [1.54, 1.807) is 0 Å². The van der Waals surface area contributed by atoms with E-state index in [-0.39, 0.29) is 12.4 Å². The van der Waals surface area contributed by atoms with Crippen LogP contribution in [0.15, 0.2) is 16.6 Å². The van der Waals surface area contributed by atoms with Gasteiger partial charge in [0, 0.05) is 35.6 Å². The fourth-order valence-corrected chi connectivity index (χ4v) is 3.81. The summed E-state index contributed by atoms with van der Waals surface area (Å²) in [6.07, 6.45) is 3.66. The summed E-state index contributed by atoms with van der Waals surface area (Å²) in [4.78, 5) is 2.58. The molecule has 1 atom stereocenters. The molecule has 0 spiro atoms. The summed E-state index contributed by atoms with van der Waals surface area (Å²) in [5, 5.41) is 3.31. The third-order valence-electron chi connectivity index (χ3n) is 4.14. The maximum absolute atomic E-state index is 5.83. The Hall–Kier alpha value is -0.290. The van der Waals surface area contributed by atoms with Crippen molar-refractivity contribution in [3.05, 3.63) is 27.7 Å². The van der Waals surface area contributed by atoms with Gasteiger partial charge in [0.25, 0.3) is 0 Å². The van der Waals surface area contributed by atoms with Crippen LogP contribution in [-0.2, 0) is 13.0 Å². The second-order valence-electron chi connectivity index (χ2n) is 5.48. The fraction of sp³-hybridized carbons (Fsp3) is 0.600. The standard InChI is InChI=1S/C15H21BrN2O.ClH/c1-17-9-14-3-2-5-18(14)10-12-8-13(16)7-11-4-6-19-15(11)12;/h7-8,14,17H,2-6,9-10H2,1H3;1H. The number of rotatable bonds is 4. The average Bonchev–Trinajstić information content (AvgIpc) is 2.99. The summed E-state index contributed by atoms with van der Waals surface area (Å²) >= 11 is 3.62. The first-order valence-electron chi connectivity index (χ1n) is 7.10. The Morgan fingerprint density at radius 1 is 1.45 bits per heavy atom. The third kappa shape index (κ3) is 3.30. The van der Waals surface area contributed by atoms with Crippen LogP contribution in [0.25, 0.3) is 0 Å². The number of nitrogens with zero attached hydrogens (tertiary/aromatic N) is 1. The largest absolute Gasteiger partial charge is 0.493 e. The normalized spacial score (nSPS) is 21.4. The van der Waals surface area contributed by atoms with Gasteiger partial charge in [0.15, 0.2) is 0 Å². The van der Waals surface area contributed by atoms with Gasteiger partial charge in [-0.25, -0.2) is 0 Å². The van der Waals surface area contributed by atoms with Crippen molar-refractivity contribution in [1.29, 1.82) is 0 Å². The first-order chi connectivity index (χ1) is 9.28. The molecule has 1 aromatic carbocycles. The van der Waals surface area contributed by atoms with Crippen LogP contribution in [0, 0.1) is 0 Å². The van der Waals surface area contributed by atoms with E-state index < -0.39 is 0 Å². The number of hydrogen-bond acceptors (Lipinski definition) is 3. The molecular formula is C15H22BrClN2O. The summed E-state index contributed by atoms with van der Waals surface area (Å²) in [5.74, 6) is 1.14. The highest BCUT2D eigenvalue weighted by molar-refractivity contribution is 9.10. The number of hydrogen-bond donors (Lipinski definition) is 1. The Labute approximate surface area is 135 Å². The van der Waals surface area contributed by atoms with Gasteiger partial charge in [-0.2, -0.15) is 0 Å². The lowest BCUT2D eigenvalue weighted by Gasteiger charge is -2.25. The molecule has 0 aliphatic carbocycles. The van der Waals surface area contributed by atoms with Gasteiger partial charge in [-0.1, -0.05) is 15.9 Å². The van der Waals surface area contributed by atoms with E-state index in [1.807, 2.05) is 7.05 Å². The number of halogens is 2. The van der Waals surface area contributed by atoms with Crippen LogP contribution < -0.4 is 10.1 Å². The molecule has 1 aromatic rings. The lowest BCUT2D eigenvalue weighted by molar-refractivity contribution is 0.238. The van der Waals surface area contributed by atoms with Gasteiger partial charge in [0.2, 0.25) is 0 Å². The molecule has 0 aromatic heterocycles. The smallest absolute Gasteiger partial charge is 0.127 e. The monoisotopic (exact) mass is 360 g/mol. The Morgan fingerprint density at radius 3 is 3.10 bits per heavy atom. The van der Waals surface area contributed by atoms with Crippen LogP contribution in [0.2, 0.25) is 0 Å². The quantitative estimate of drug-likeness (QED) is 0.892. The van der Waals surface area contributed by atoms with Gasteiger partial charge in [-0.15, -0.1) is 12.4 Å². The topological polar surface area (TPSA) is 24.5 Å². The van der Waals surface area contributed by atoms with Gasteiger partial charge in [-0.05, 0) is 44.1 Å². The molecule has 0 amide bonds. The van der Waals surface area contributed by atoms with Crippen molar-refractivity contribution < 1.29 is 4.74 Å². The number of likely N-dealkylation sites (N-methyl/N-ethyl adjacent to an activating group) is 1. The number of likely N-dealkylation sites (tertiary alicyclic amines) is 1. The van der Waals surface area contributed by atoms with Gasteiger partial charge < -0.3 is 10.1 Å².